The molecule has 6 nitrogen and oxygen atoms in total. The molecule has 1 aromatic rings. The van der Waals surface area contributed by atoms with Crippen molar-refractivity contribution in [1.29, 1.82) is 0 Å². The molecular weight excluding hydrogens is 447 g/mol. The fraction of sp³-hybridized carbons (Fsp3) is 0.591. The highest BCUT2D eigenvalue weighted by Gasteiger charge is 2.54. The number of hydrogen-bond donors (Lipinski definition) is 0. The molecule has 0 saturated carbocycles. The van der Waals surface area contributed by atoms with Crippen LogP contribution in [0.5, 0.6) is 5.75 Å². The third-order valence-corrected chi connectivity index (χ3v) is 7.06. The van der Waals surface area contributed by atoms with Gasteiger partial charge in [-0.05, 0) is 30.4 Å². The van der Waals surface area contributed by atoms with Crippen molar-refractivity contribution in [3.63, 3.8) is 0 Å². The first-order chi connectivity index (χ1) is 14.7. The molecule has 1 aromatic carbocycles. The van der Waals surface area contributed by atoms with Gasteiger partial charge in [0.1, 0.15) is 11.4 Å². The lowest BCUT2D eigenvalue weighted by Gasteiger charge is -2.47. The molecule has 0 radical (unpaired) electrons. The van der Waals surface area contributed by atoms with E-state index in [1.807, 2.05) is 25.7 Å². The van der Waals surface area contributed by atoms with Crippen molar-refractivity contribution >= 4 is 21.8 Å². The molecule has 3 aliphatic heterocycles. The number of benzene rings is 1. The summed E-state index contributed by atoms with van der Waals surface area (Å²) in [4.78, 5) is 14.8. The number of rotatable bonds is 3. The van der Waals surface area contributed by atoms with Crippen molar-refractivity contribution in [3.8, 4) is 5.75 Å². The highest BCUT2D eigenvalue weighted by atomic mass is 32.2. The highest BCUT2D eigenvalue weighted by molar-refractivity contribution is 7.87. The van der Waals surface area contributed by atoms with E-state index in [2.05, 4.69) is 4.18 Å². The number of ether oxygens (including phenoxy) is 1. The molecule has 2 unspecified atom stereocenters. The number of hydrogen-bond acceptors (Lipinski definition) is 5. The Bertz CT molecular complexity index is 1040. The zero-order valence-electron chi connectivity index (χ0n) is 18.1. The molecule has 2 saturated heterocycles. The van der Waals surface area contributed by atoms with Crippen LogP contribution < -0.4 is 4.74 Å². The van der Waals surface area contributed by atoms with Crippen LogP contribution >= 0.6 is 0 Å². The second-order valence-corrected chi connectivity index (χ2v) is 11.5. The maximum absolute atomic E-state index is 13.0. The van der Waals surface area contributed by atoms with Gasteiger partial charge in [-0.3, -0.25) is 4.79 Å². The number of para-hydroxylation sites is 1. The maximum atomic E-state index is 13.0. The molecule has 0 N–H and O–H groups in total. The van der Waals surface area contributed by atoms with E-state index >= 15 is 0 Å². The van der Waals surface area contributed by atoms with E-state index in [9.17, 15) is 26.4 Å². The lowest BCUT2D eigenvalue weighted by molar-refractivity contribution is -0.140. The van der Waals surface area contributed by atoms with Gasteiger partial charge < -0.3 is 13.8 Å². The largest absolute Gasteiger partial charge is 0.534 e. The number of fused-ring (bicyclic) bond motifs is 3. The number of piperidine rings is 1. The summed E-state index contributed by atoms with van der Waals surface area (Å²) >= 11 is 0. The van der Waals surface area contributed by atoms with E-state index in [0.29, 0.717) is 19.3 Å². The van der Waals surface area contributed by atoms with Crippen molar-refractivity contribution in [2.24, 2.45) is 5.41 Å². The summed E-state index contributed by atoms with van der Waals surface area (Å²) < 4.78 is 73.3. The standard InChI is InChI=1S/C22H26F3NO5S/c1-20(2,3)13-19(27)26-14-8-9-15(26)11-21(10-14)12-18(31-32(28,29)22(23,24)25)16-6-4-5-7-17(16)30-21/h4-7,12,14-15H,8-11,13H2,1-3H3. The highest BCUT2D eigenvalue weighted by Crippen LogP contribution is 2.49. The Kier molecular flexibility index (Phi) is 5.30. The summed E-state index contributed by atoms with van der Waals surface area (Å²) in [6.07, 6.45) is 3.98. The van der Waals surface area contributed by atoms with Gasteiger partial charge in [0.05, 0.1) is 5.56 Å². The zero-order valence-corrected chi connectivity index (χ0v) is 18.9. The van der Waals surface area contributed by atoms with Crippen LogP contribution in [-0.2, 0) is 19.1 Å². The minimum absolute atomic E-state index is 0.0520. The molecule has 10 heteroatoms. The molecule has 0 aromatic heterocycles. The monoisotopic (exact) mass is 473 g/mol. The number of amides is 1. The molecule has 2 fully saturated rings. The first kappa shape index (κ1) is 22.9. The van der Waals surface area contributed by atoms with Crippen LogP contribution in [0.3, 0.4) is 0 Å². The van der Waals surface area contributed by atoms with Gasteiger partial charge in [0.2, 0.25) is 5.91 Å². The van der Waals surface area contributed by atoms with Crippen LogP contribution in [-0.4, -0.2) is 42.4 Å². The summed E-state index contributed by atoms with van der Waals surface area (Å²) in [6, 6.07) is 5.99. The summed E-state index contributed by atoms with van der Waals surface area (Å²) in [5, 5.41) is 0. The van der Waals surface area contributed by atoms with Gasteiger partial charge in [0, 0.05) is 37.4 Å². The van der Waals surface area contributed by atoms with E-state index in [1.165, 1.54) is 12.1 Å². The van der Waals surface area contributed by atoms with Crippen molar-refractivity contribution in [2.75, 3.05) is 0 Å². The molecular formula is C22H26F3NO5S. The molecule has 3 heterocycles. The molecule has 0 aliphatic carbocycles. The Morgan fingerprint density at radius 3 is 2.31 bits per heavy atom. The van der Waals surface area contributed by atoms with E-state index in [0.717, 1.165) is 12.8 Å². The Balaban J connectivity index is 1.67. The Morgan fingerprint density at radius 1 is 1.16 bits per heavy atom. The first-order valence-electron chi connectivity index (χ1n) is 10.5. The van der Waals surface area contributed by atoms with Crippen LogP contribution in [0.15, 0.2) is 30.3 Å². The molecule has 32 heavy (non-hydrogen) atoms. The molecule has 1 amide bonds. The Morgan fingerprint density at radius 2 is 1.75 bits per heavy atom. The minimum atomic E-state index is -5.84. The minimum Gasteiger partial charge on any atom is -0.482 e. The van der Waals surface area contributed by atoms with Gasteiger partial charge in [-0.2, -0.15) is 21.6 Å². The molecule has 176 valence electrons. The van der Waals surface area contributed by atoms with Crippen molar-refractivity contribution in [1.82, 2.24) is 4.90 Å². The lowest BCUT2D eigenvalue weighted by atomic mass is 9.82. The van der Waals surface area contributed by atoms with Gasteiger partial charge in [0.25, 0.3) is 0 Å². The van der Waals surface area contributed by atoms with Gasteiger partial charge in [0.15, 0.2) is 5.76 Å². The second-order valence-electron chi connectivity index (χ2n) is 9.99. The Labute approximate surface area is 185 Å². The molecule has 2 atom stereocenters. The topological polar surface area (TPSA) is 72.9 Å². The van der Waals surface area contributed by atoms with Gasteiger partial charge in [-0.15, -0.1) is 0 Å². The summed E-state index contributed by atoms with van der Waals surface area (Å²) in [6.45, 7) is 5.98. The smallest absolute Gasteiger partial charge is 0.482 e. The number of alkyl halides is 3. The van der Waals surface area contributed by atoms with Crippen molar-refractivity contribution < 1.29 is 35.3 Å². The quantitative estimate of drug-likeness (QED) is 0.473. The van der Waals surface area contributed by atoms with Gasteiger partial charge in [-0.1, -0.05) is 32.9 Å². The first-order valence-corrected chi connectivity index (χ1v) is 11.9. The number of nitrogens with zero attached hydrogens (tertiary/aromatic N) is 1. The Hall–Kier alpha value is -2.23. The molecule has 2 bridgehead atoms. The predicted octanol–water partition coefficient (Wildman–Crippen LogP) is 4.61. The van der Waals surface area contributed by atoms with Crippen LogP contribution in [0.25, 0.3) is 5.76 Å². The molecule has 1 spiro atoms. The van der Waals surface area contributed by atoms with Gasteiger partial charge in [-0.25, -0.2) is 0 Å². The number of carbonyl (C=O) groups excluding carboxylic acids is 1. The third-order valence-electron chi connectivity index (χ3n) is 6.09. The average Bonchev–Trinajstić information content (AvgIpc) is 2.92. The van der Waals surface area contributed by atoms with E-state index in [1.54, 1.807) is 18.2 Å². The van der Waals surface area contributed by atoms with Crippen LogP contribution in [0.1, 0.15) is 58.4 Å². The second kappa shape index (κ2) is 7.40. The van der Waals surface area contributed by atoms with Crippen LogP contribution in [0.4, 0.5) is 13.2 Å². The summed E-state index contributed by atoms with van der Waals surface area (Å²) in [7, 11) is -5.84. The molecule has 3 aliphatic rings. The van der Waals surface area contributed by atoms with E-state index in [4.69, 9.17) is 4.74 Å². The SMILES string of the molecule is CC(C)(C)CC(=O)N1C2CCC1CC1(C=C(OS(=O)(=O)C(F)(F)F)c3ccccc3O1)C2. The van der Waals surface area contributed by atoms with Crippen LogP contribution in [0.2, 0.25) is 0 Å². The maximum Gasteiger partial charge on any atom is 0.534 e. The van der Waals surface area contributed by atoms with Crippen molar-refractivity contribution in [3.05, 3.63) is 35.9 Å². The fourth-order valence-corrected chi connectivity index (χ4v) is 5.42. The predicted molar refractivity (Wildman–Crippen MR) is 111 cm³/mol. The van der Waals surface area contributed by atoms with Gasteiger partial charge >= 0.3 is 15.6 Å². The summed E-state index contributed by atoms with van der Waals surface area (Å²) in [5.74, 6) is -0.0783. The van der Waals surface area contributed by atoms with Crippen molar-refractivity contribution in [2.45, 2.75) is 76.1 Å². The fourth-order valence-electron chi connectivity index (χ4n) is 4.96. The number of carbonyl (C=O) groups is 1. The average molecular weight is 474 g/mol. The third kappa shape index (κ3) is 4.21. The number of halogens is 3. The van der Waals surface area contributed by atoms with Crippen LogP contribution in [0, 0.1) is 5.41 Å². The summed E-state index contributed by atoms with van der Waals surface area (Å²) in [5.41, 5.74) is -6.62. The zero-order chi connectivity index (χ0) is 23.5. The van der Waals surface area contributed by atoms with E-state index in [-0.39, 0.29) is 34.7 Å². The lowest BCUT2D eigenvalue weighted by Crippen LogP contribution is -2.55. The normalized spacial score (nSPS) is 27.6. The molecule has 4 rings (SSSR count). The van der Waals surface area contributed by atoms with E-state index < -0.39 is 27.0 Å².